The van der Waals surface area contributed by atoms with E-state index in [-0.39, 0.29) is 32.8 Å². The van der Waals surface area contributed by atoms with Crippen LogP contribution in [0.1, 0.15) is 86.2 Å². The number of nitrogens with two attached hydrogens (primary N) is 1. The molecule has 2 N–H and O–H groups in total. The molecule has 1 heterocycles. The van der Waals surface area contributed by atoms with Crippen LogP contribution in [0, 0.1) is 11.3 Å². The van der Waals surface area contributed by atoms with Gasteiger partial charge in [0.2, 0.25) is 5.88 Å². The fraction of sp³-hybridized carbons (Fsp3) is 0.371. The van der Waals surface area contributed by atoms with Crippen LogP contribution in [0.15, 0.2) is 60.0 Å². The second kappa shape index (κ2) is 16.3. The zero-order chi connectivity index (χ0) is 32.3. The molecule has 0 bridgehead atoms. The number of allylic oxidation sites excluding steroid dienone is 1. The summed E-state index contributed by atoms with van der Waals surface area (Å²) >= 11 is 12.7. The summed E-state index contributed by atoms with van der Waals surface area (Å²) in [6, 6.07) is 15.6. The van der Waals surface area contributed by atoms with E-state index in [2.05, 4.69) is 13.0 Å². The van der Waals surface area contributed by atoms with Gasteiger partial charge >= 0.3 is 5.97 Å². The Labute approximate surface area is 274 Å². The lowest BCUT2D eigenvalue weighted by molar-refractivity contribution is 0.0734. The molecule has 45 heavy (non-hydrogen) atoms. The molecule has 10 heteroatoms. The lowest BCUT2D eigenvalue weighted by Gasteiger charge is -2.27. The van der Waals surface area contributed by atoms with Gasteiger partial charge in [0.25, 0.3) is 0 Å². The SMILES string of the molecule is CCCCCCCOc1ccc(C2C(C#N)=C(N)Oc3cc(OC(=O)c4cc(Cl)c(OCCCC)c(Cl)c4)ccc32)cc1OC. The number of nitrogens with zero attached hydrogens (tertiary/aromatic N) is 1. The number of unbranched alkanes of at least 4 members (excludes halogenated alkanes) is 5. The Kier molecular flexibility index (Phi) is 12.3. The van der Waals surface area contributed by atoms with E-state index in [1.165, 1.54) is 31.4 Å². The lowest BCUT2D eigenvalue weighted by atomic mass is 9.83. The largest absolute Gasteiger partial charge is 0.493 e. The highest BCUT2D eigenvalue weighted by atomic mass is 35.5. The molecule has 0 aromatic heterocycles. The van der Waals surface area contributed by atoms with Crippen LogP contribution in [-0.4, -0.2) is 26.3 Å². The first-order chi connectivity index (χ1) is 21.8. The van der Waals surface area contributed by atoms with Crippen molar-refractivity contribution < 1.29 is 28.5 Å². The quantitative estimate of drug-likeness (QED) is 0.0983. The van der Waals surface area contributed by atoms with Crippen molar-refractivity contribution in [3.63, 3.8) is 0 Å². The van der Waals surface area contributed by atoms with Crippen LogP contribution >= 0.6 is 23.2 Å². The third-order valence-corrected chi connectivity index (χ3v) is 7.97. The van der Waals surface area contributed by atoms with E-state index >= 15 is 0 Å². The van der Waals surface area contributed by atoms with E-state index in [0.717, 1.165) is 31.2 Å². The van der Waals surface area contributed by atoms with E-state index in [9.17, 15) is 10.1 Å². The molecule has 0 fully saturated rings. The molecule has 8 nitrogen and oxygen atoms in total. The number of carbonyl (C=O) groups is 1. The fourth-order valence-electron chi connectivity index (χ4n) is 5.01. The third kappa shape index (κ3) is 8.36. The summed E-state index contributed by atoms with van der Waals surface area (Å²) in [5.41, 5.74) is 8.06. The predicted molar refractivity (Wildman–Crippen MR) is 175 cm³/mol. The Morgan fingerprint density at radius 3 is 2.31 bits per heavy atom. The average Bonchev–Trinajstić information content (AvgIpc) is 3.03. The summed E-state index contributed by atoms with van der Waals surface area (Å²) < 4.78 is 28.8. The van der Waals surface area contributed by atoms with Gasteiger partial charge in [-0.2, -0.15) is 5.26 Å². The molecule has 0 amide bonds. The number of esters is 1. The molecule has 1 atom stereocenters. The van der Waals surface area contributed by atoms with Crippen molar-refractivity contribution in [2.75, 3.05) is 20.3 Å². The van der Waals surface area contributed by atoms with Crippen molar-refractivity contribution in [3.05, 3.63) is 86.7 Å². The average molecular weight is 654 g/mol. The van der Waals surface area contributed by atoms with Crippen LogP contribution in [0.25, 0.3) is 0 Å². The number of halogens is 2. The molecule has 238 valence electrons. The molecule has 0 radical (unpaired) electrons. The van der Waals surface area contributed by atoms with Crippen molar-refractivity contribution >= 4 is 29.2 Å². The van der Waals surface area contributed by atoms with E-state index < -0.39 is 11.9 Å². The summed E-state index contributed by atoms with van der Waals surface area (Å²) in [6.45, 7) is 5.29. The van der Waals surface area contributed by atoms with E-state index in [1.807, 2.05) is 25.1 Å². The highest BCUT2D eigenvalue weighted by molar-refractivity contribution is 6.37. The first-order valence-corrected chi connectivity index (χ1v) is 15.9. The van der Waals surface area contributed by atoms with Crippen molar-refractivity contribution in [1.29, 1.82) is 5.26 Å². The maximum atomic E-state index is 13.0. The number of hydrogen-bond donors (Lipinski definition) is 1. The van der Waals surface area contributed by atoms with Gasteiger partial charge in [0.05, 0.1) is 41.9 Å². The molecule has 1 aliphatic rings. The van der Waals surface area contributed by atoms with Crippen LogP contribution in [0.3, 0.4) is 0 Å². The lowest BCUT2D eigenvalue weighted by Crippen LogP contribution is -2.21. The topological polar surface area (TPSA) is 113 Å². The van der Waals surface area contributed by atoms with Gasteiger partial charge in [-0.3, -0.25) is 0 Å². The summed E-state index contributed by atoms with van der Waals surface area (Å²) in [4.78, 5) is 13.0. The number of carbonyl (C=O) groups excluding carboxylic acids is 1. The molecule has 4 rings (SSSR count). The zero-order valence-corrected chi connectivity index (χ0v) is 27.3. The summed E-state index contributed by atoms with van der Waals surface area (Å²) in [5.74, 6) is 0.812. The maximum absolute atomic E-state index is 13.0. The molecule has 0 saturated carbocycles. The van der Waals surface area contributed by atoms with Gasteiger partial charge in [-0.1, -0.05) is 81.3 Å². The van der Waals surface area contributed by atoms with Crippen molar-refractivity contribution in [3.8, 4) is 34.8 Å². The van der Waals surface area contributed by atoms with Gasteiger partial charge < -0.3 is 29.4 Å². The van der Waals surface area contributed by atoms with E-state index in [0.29, 0.717) is 41.8 Å². The third-order valence-electron chi connectivity index (χ3n) is 7.41. The monoisotopic (exact) mass is 652 g/mol. The smallest absolute Gasteiger partial charge is 0.343 e. The summed E-state index contributed by atoms with van der Waals surface area (Å²) in [7, 11) is 1.58. The van der Waals surface area contributed by atoms with Crippen LogP contribution in [0.5, 0.6) is 28.7 Å². The maximum Gasteiger partial charge on any atom is 0.343 e. The van der Waals surface area contributed by atoms with E-state index in [1.54, 1.807) is 25.3 Å². The molecule has 1 aliphatic heterocycles. The second-order valence-corrected chi connectivity index (χ2v) is 11.5. The molecular weight excluding hydrogens is 615 g/mol. The molecule has 0 spiro atoms. The van der Waals surface area contributed by atoms with Crippen molar-refractivity contribution in [2.45, 2.75) is 64.7 Å². The normalized spacial score (nSPS) is 13.8. The Bertz CT molecular complexity index is 1560. The summed E-state index contributed by atoms with van der Waals surface area (Å²) in [5, 5.41) is 10.4. The molecule has 3 aromatic carbocycles. The van der Waals surface area contributed by atoms with Crippen LogP contribution in [0.2, 0.25) is 10.0 Å². The second-order valence-electron chi connectivity index (χ2n) is 10.7. The van der Waals surface area contributed by atoms with Crippen LogP contribution in [-0.2, 0) is 0 Å². The minimum Gasteiger partial charge on any atom is -0.493 e. The number of nitriles is 1. The van der Waals surface area contributed by atoms with E-state index in [4.69, 9.17) is 52.6 Å². The zero-order valence-electron chi connectivity index (χ0n) is 25.8. The fourth-order valence-corrected chi connectivity index (χ4v) is 5.61. The number of benzene rings is 3. The molecular formula is C35H38Cl2N2O6. The van der Waals surface area contributed by atoms with Crippen LogP contribution in [0.4, 0.5) is 0 Å². The number of rotatable bonds is 15. The Morgan fingerprint density at radius 2 is 1.62 bits per heavy atom. The van der Waals surface area contributed by atoms with Gasteiger partial charge in [0.15, 0.2) is 17.2 Å². The Morgan fingerprint density at radius 1 is 0.911 bits per heavy atom. The Hall–Kier alpha value is -4.06. The number of fused-ring (bicyclic) bond motifs is 1. The standard InChI is InChI=1S/C35H38Cl2N2O6/c1-4-6-8-9-10-16-42-29-14-11-22(19-31(29)41-3)32-25-13-12-24(20-30(25)45-34(39)26(32)21-38)44-35(40)23-17-27(36)33(28(37)18-23)43-15-7-5-2/h11-14,17-20,32H,4-10,15-16,39H2,1-3H3. The molecule has 0 saturated heterocycles. The van der Waals surface area contributed by atoms with Crippen LogP contribution < -0.4 is 29.4 Å². The van der Waals surface area contributed by atoms with Gasteiger partial charge in [0.1, 0.15) is 23.1 Å². The summed E-state index contributed by atoms with van der Waals surface area (Å²) in [6.07, 6.45) is 7.48. The minimum absolute atomic E-state index is 0.0397. The highest BCUT2D eigenvalue weighted by Gasteiger charge is 2.32. The Balaban J connectivity index is 1.54. The van der Waals surface area contributed by atoms with Gasteiger partial charge in [-0.05, 0) is 48.7 Å². The minimum atomic E-state index is -0.668. The predicted octanol–water partition coefficient (Wildman–Crippen LogP) is 8.97. The van der Waals surface area contributed by atoms with Gasteiger partial charge in [0, 0.05) is 11.6 Å². The van der Waals surface area contributed by atoms with Gasteiger partial charge in [-0.25, -0.2) is 4.79 Å². The van der Waals surface area contributed by atoms with Crippen molar-refractivity contribution in [2.24, 2.45) is 5.73 Å². The first kappa shape index (κ1) is 33.8. The molecule has 0 aliphatic carbocycles. The molecule has 1 unspecified atom stereocenters. The van der Waals surface area contributed by atoms with Crippen molar-refractivity contribution in [1.82, 2.24) is 0 Å². The number of hydrogen-bond acceptors (Lipinski definition) is 8. The van der Waals surface area contributed by atoms with Gasteiger partial charge in [-0.15, -0.1) is 0 Å². The molecule has 3 aromatic rings. The number of methoxy groups -OCH3 is 1. The highest BCUT2D eigenvalue weighted by Crippen LogP contribution is 2.45. The first-order valence-electron chi connectivity index (χ1n) is 15.2. The number of ether oxygens (including phenoxy) is 5.